The standard InChI is InChI=1S/C48H50O18/c1-3-57-43(53)61-37-27-13-11-23-33(37)39(49)47(63-45(55)59-31-19-7-5-8-20-31)29-17-15-25-35(47)41(51)65-66-42(52)36-26-16-18-30-48(36,64-46(56)60-32-21-9-6-10-22-32)40(50)34-24-12-14-28-38(34)62-44(54)58-4-2/h11-18,23-32,35-36H,3-10,19-22H2,1-2H3. The molecule has 0 heterocycles. The van der Waals surface area contributed by atoms with E-state index in [1.165, 1.54) is 72.8 Å². The molecule has 18 heteroatoms. The molecule has 4 aliphatic rings. The Morgan fingerprint density at radius 3 is 1.26 bits per heavy atom. The van der Waals surface area contributed by atoms with Gasteiger partial charge in [-0.2, -0.15) is 0 Å². The zero-order valence-corrected chi connectivity index (χ0v) is 36.4. The van der Waals surface area contributed by atoms with Gasteiger partial charge in [0, 0.05) is 0 Å². The Morgan fingerprint density at radius 1 is 0.500 bits per heavy atom. The summed E-state index contributed by atoms with van der Waals surface area (Å²) in [6, 6.07) is 10.9. The third-order valence-electron chi connectivity index (χ3n) is 11.2. The SMILES string of the molecule is CCOC(=O)Oc1ccccc1C(=O)C1(OC(=O)OC2CCCCC2)C=CC=CC1C(=O)OOC(=O)C1C=CC=CC1(OC(=O)OC1CCCCC1)C(=O)c1ccccc1OC(=O)OCC. The van der Waals surface area contributed by atoms with Crippen molar-refractivity contribution in [1.82, 2.24) is 0 Å². The molecule has 6 rings (SSSR count). The average molecular weight is 915 g/mol. The third-order valence-corrected chi connectivity index (χ3v) is 11.2. The van der Waals surface area contributed by atoms with Crippen molar-refractivity contribution in [1.29, 1.82) is 0 Å². The van der Waals surface area contributed by atoms with Crippen LogP contribution < -0.4 is 9.47 Å². The summed E-state index contributed by atoms with van der Waals surface area (Å²) in [5.74, 6) is -9.45. The van der Waals surface area contributed by atoms with Gasteiger partial charge in [0.1, 0.15) is 35.5 Å². The van der Waals surface area contributed by atoms with Crippen molar-refractivity contribution in [3.05, 3.63) is 108 Å². The van der Waals surface area contributed by atoms with Crippen molar-refractivity contribution in [3.63, 3.8) is 0 Å². The zero-order chi connectivity index (χ0) is 47.1. The molecule has 0 N–H and O–H groups in total. The highest BCUT2D eigenvalue weighted by atomic mass is 17.2. The number of hydrogen-bond acceptors (Lipinski definition) is 18. The minimum absolute atomic E-state index is 0.0503. The molecule has 2 aromatic rings. The van der Waals surface area contributed by atoms with Gasteiger partial charge in [0.2, 0.25) is 22.8 Å². The summed E-state index contributed by atoms with van der Waals surface area (Å²) in [6.45, 7) is 2.99. The van der Waals surface area contributed by atoms with E-state index in [2.05, 4.69) is 0 Å². The molecule has 2 fully saturated rings. The summed E-state index contributed by atoms with van der Waals surface area (Å²) in [5, 5.41) is 0. The molecule has 0 spiro atoms. The van der Waals surface area contributed by atoms with Gasteiger partial charge in [-0.15, -0.1) is 0 Å². The van der Waals surface area contributed by atoms with Crippen LogP contribution in [0.25, 0.3) is 0 Å². The summed E-state index contributed by atoms with van der Waals surface area (Å²) in [6.07, 6.45) is 11.0. The van der Waals surface area contributed by atoms with Gasteiger partial charge in [-0.25, -0.2) is 38.5 Å². The summed E-state index contributed by atoms with van der Waals surface area (Å²) in [4.78, 5) is 120. The maximum absolute atomic E-state index is 14.8. The molecular weight excluding hydrogens is 865 g/mol. The van der Waals surface area contributed by atoms with Crippen molar-refractivity contribution in [3.8, 4) is 11.5 Å². The molecule has 0 saturated heterocycles. The maximum Gasteiger partial charge on any atom is 0.513 e. The molecule has 350 valence electrons. The summed E-state index contributed by atoms with van der Waals surface area (Å²) in [5.41, 5.74) is -5.84. The van der Waals surface area contributed by atoms with Crippen LogP contribution in [-0.4, -0.2) is 84.8 Å². The van der Waals surface area contributed by atoms with E-state index in [1.54, 1.807) is 13.8 Å². The molecule has 2 aromatic carbocycles. The molecular formula is C48H50O18. The summed E-state index contributed by atoms with van der Waals surface area (Å²) < 4.78 is 43.1. The Hall–Kier alpha value is -7.24. The maximum atomic E-state index is 14.8. The number of carbonyl (C=O) groups is 8. The number of para-hydroxylation sites is 2. The topological polar surface area (TPSA) is 229 Å². The predicted octanol–water partition coefficient (Wildman–Crippen LogP) is 8.76. The van der Waals surface area contributed by atoms with Crippen LogP contribution in [0, 0.1) is 11.8 Å². The Kier molecular flexibility index (Phi) is 16.5. The quantitative estimate of drug-likeness (QED) is 0.0430. The molecule has 0 aromatic heterocycles. The van der Waals surface area contributed by atoms with Crippen molar-refractivity contribution >= 4 is 48.1 Å². The smallest absolute Gasteiger partial charge is 0.434 e. The molecule has 66 heavy (non-hydrogen) atoms. The van der Waals surface area contributed by atoms with Gasteiger partial charge in [0.15, 0.2) is 0 Å². The van der Waals surface area contributed by atoms with E-state index in [0.29, 0.717) is 25.7 Å². The van der Waals surface area contributed by atoms with Gasteiger partial charge in [-0.3, -0.25) is 9.59 Å². The van der Waals surface area contributed by atoms with Crippen LogP contribution in [0.15, 0.2) is 97.1 Å². The van der Waals surface area contributed by atoms with Gasteiger partial charge >= 0.3 is 36.6 Å². The van der Waals surface area contributed by atoms with E-state index in [9.17, 15) is 38.4 Å². The van der Waals surface area contributed by atoms with Gasteiger partial charge in [-0.05, 0) is 102 Å². The largest absolute Gasteiger partial charge is 0.513 e. The number of rotatable bonds is 14. The Balaban J connectivity index is 1.31. The van der Waals surface area contributed by atoms with Crippen molar-refractivity contribution in [2.75, 3.05) is 13.2 Å². The molecule has 0 radical (unpaired) electrons. The molecule has 0 aliphatic heterocycles. The van der Waals surface area contributed by atoms with Crippen LogP contribution in [0.3, 0.4) is 0 Å². The number of allylic oxidation sites excluding steroid dienone is 4. The Labute approximate surface area is 379 Å². The first-order valence-electron chi connectivity index (χ1n) is 21.8. The summed E-state index contributed by atoms with van der Waals surface area (Å²) >= 11 is 0. The fourth-order valence-corrected chi connectivity index (χ4v) is 8.00. The van der Waals surface area contributed by atoms with Gasteiger partial charge in [-0.1, -0.05) is 73.6 Å². The van der Waals surface area contributed by atoms with E-state index in [1.807, 2.05) is 0 Å². The van der Waals surface area contributed by atoms with Crippen LogP contribution in [0.5, 0.6) is 11.5 Å². The minimum Gasteiger partial charge on any atom is -0.434 e. The van der Waals surface area contributed by atoms with Crippen LogP contribution in [0.1, 0.15) is 98.8 Å². The number of benzene rings is 2. The highest BCUT2D eigenvalue weighted by Gasteiger charge is 2.56. The van der Waals surface area contributed by atoms with Gasteiger partial charge < -0.3 is 37.9 Å². The van der Waals surface area contributed by atoms with Crippen molar-refractivity contribution < 1.29 is 86.0 Å². The van der Waals surface area contributed by atoms with E-state index in [0.717, 1.165) is 62.8 Å². The molecule has 18 nitrogen and oxygen atoms in total. The lowest BCUT2D eigenvalue weighted by Gasteiger charge is -2.36. The Morgan fingerprint density at radius 2 is 0.879 bits per heavy atom. The number of ketones is 2. The van der Waals surface area contributed by atoms with Crippen LogP contribution >= 0.6 is 0 Å². The molecule has 2 saturated carbocycles. The molecule has 0 bridgehead atoms. The fourth-order valence-electron chi connectivity index (χ4n) is 8.00. The first-order valence-corrected chi connectivity index (χ1v) is 21.8. The van der Waals surface area contributed by atoms with Crippen molar-refractivity contribution in [2.24, 2.45) is 11.8 Å². The molecule has 4 unspecified atom stereocenters. The van der Waals surface area contributed by atoms with E-state index >= 15 is 0 Å². The second kappa shape index (κ2) is 22.6. The third kappa shape index (κ3) is 11.5. The highest BCUT2D eigenvalue weighted by molar-refractivity contribution is 6.11. The first-order chi connectivity index (χ1) is 31.9. The zero-order valence-electron chi connectivity index (χ0n) is 36.4. The lowest BCUT2D eigenvalue weighted by atomic mass is 9.77. The van der Waals surface area contributed by atoms with Crippen LogP contribution in [0.2, 0.25) is 0 Å². The molecule has 4 atom stereocenters. The van der Waals surface area contributed by atoms with Gasteiger partial charge in [0.05, 0.1) is 24.3 Å². The van der Waals surface area contributed by atoms with E-state index in [4.69, 9.17) is 47.7 Å². The number of carbonyl (C=O) groups excluding carboxylic acids is 8. The lowest BCUT2D eigenvalue weighted by molar-refractivity contribution is -0.267. The average Bonchev–Trinajstić information content (AvgIpc) is 3.31. The lowest BCUT2D eigenvalue weighted by Crippen LogP contribution is -2.53. The van der Waals surface area contributed by atoms with Crippen molar-refractivity contribution in [2.45, 2.75) is 101 Å². The Bertz CT molecular complexity index is 2110. The van der Waals surface area contributed by atoms with Gasteiger partial charge in [0.25, 0.3) is 0 Å². The fraction of sp³-hybridized carbons (Fsp3) is 0.417. The minimum atomic E-state index is -2.60. The van der Waals surface area contributed by atoms with Crippen LogP contribution in [-0.2, 0) is 47.8 Å². The second-order valence-corrected chi connectivity index (χ2v) is 15.5. The monoisotopic (exact) mass is 914 g/mol. The number of ether oxygens (including phenoxy) is 8. The molecule has 0 amide bonds. The number of hydrogen-bond donors (Lipinski definition) is 0. The summed E-state index contributed by atoms with van der Waals surface area (Å²) in [7, 11) is 0. The first kappa shape index (κ1) is 48.2. The molecule has 4 aliphatic carbocycles. The predicted molar refractivity (Wildman–Crippen MR) is 227 cm³/mol. The number of Topliss-reactive ketones (excluding diaryl/α,β-unsaturated/α-hetero) is 2. The van der Waals surface area contributed by atoms with Crippen LogP contribution in [0.4, 0.5) is 19.2 Å². The second-order valence-electron chi connectivity index (χ2n) is 15.5. The highest BCUT2D eigenvalue weighted by Crippen LogP contribution is 2.40. The van der Waals surface area contributed by atoms with E-state index in [-0.39, 0.29) is 35.8 Å². The normalized spacial score (nSPS) is 22.5. The van der Waals surface area contributed by atoms with E-state index < -0.39 is 83.4 Å².